The summed E-state index contributed by atoms with van der Waals surface area (Å²) >= 11 is 0. The molecule has 0 saturated carbocycles. The average Bonchev–Trinajstić information content (AvgIpc) is 2.70. The maximum absolute atomic E-state index is 9.24. The highest BCUT2D eigenvalue weighted by Gasteiger charge is 2.09. The Bertz CT molecular complexity index is 534. The van der Waals surface area contributed by atoms with Crippen LogP contribution in [0.5, 0.6) is 0 Å². The zero-order chi connectivity index (χ0) is 11.5. The fraction of sp³-hybridized carbons (Fsp3) is 0.167. The number of hydrogen-bond donors (Lipinski definition) is 1. The van der Waals surface area contributed by atoms with Crippen molar-refractivity contribution in [2.45, 2.75) is 6.61 Å². The zero-order valence-corrected chi connectivity index (χ0v) is 8.88. The van der Waals surface area contributed by atoms with Crippen molar-refractivity contribution in [3.8, 4) is 17.2 Å². The maximum Gasteiger partial charge on any atom is 0.0991 e. The molecule has 0 aliphatic heterocycles. The first-order valence-corrected chi connectivity index (χ1v) is 4.88. The molecule has 1 aromatic heterocycles. The molecule has 1 heterocycles. The summed E-state index contributed by atoms with van der Waals surface area (Å²) in [6.45, 7) is -0.0498. The van der Waals surface area contributed by atoms with Crippen LogP contribution in [0.4, 0.5) is 0 Å². The molecule has 4 heteroatoms. The van der Waals surface area contributed by atoms with Crippen molar-refractivity contribution in [2.75, 3.05) is 0 Å². The highest BCUT2D eigenvalue weighted by Crippen LogP contribution is 2.23. The van der Waals surface area contributed by atoms with E-state index < -0.39 is 0 Å². The number of benzene rings is 1. The third-order valence-electron chi connectivity index (χ3n) is 2.54. The first kappa shape index (κ1) is 10.4. The quantitative estimate of drug-likeness (QED) is 0.821. The van der Waals surface area contributed by atoms with Crippen LogP contribution < -0.4 is 0 Å². The van der Waals surface area contributed by atoms with E-state index in [0.29, 0.717) is 5.56 Å². The monoisotopic (exact) mass is 213 g/mol. The van der Waals surface area contributed by atoms with Crippen molar-refractivity contribution in [1.29, 1.82) is 5.26 Å². The molecule has 1 aromatic carbocycles. The molecule has 0 aliphatic carbocycles. The van der Waals surface area contributed by atoms with Crippen LogP contribution in [0.15, 0.2) is 30.5 Å². The Morgan fingerprint density at radius 1 is 1.38 bits per heavy atom. The second-order valence-electron chi connectivity index (χ2n) is 3.48. The van der Waals surface area contributed by atoms with Gasteiger partial charge in [-0.3, -0.25) is 4.68 Å². The summed E-state index contributed by atoms with van der Waals surface area (Å²) in [5.41, 5.74) is 3.24. The summed E-state index contributed by atoms with van der Waals surface area (Å²) in [4.78, 5) is 0. The van der Waals surface area contributed by atoms with E-state index in [1.54, 1.807) is 30.1 Å². The first-order valence-electron chi connectivity index (χ1n) is 4.88. The van der Waals surface area contributed by atoms with Crippen molar-refractivity contribution in [2.24, 2.45) is 7.05 Å². The second kappa shape index (κ2) is 4.17. The molecular weight excluding hydrogens is 202 g/mol. The lowest BCUT2D eigenvalue weighted by Crippen LogP contribution is -1.98. The Kier molecular flexibility index (Phi) is 2.71. The molecule has 4 nitrogen and oxygen atoms in total. The van der Waals surface area contributed by atoms with E-state index in [-0.39, 0.29) is 6.61 Å². The number of hydrogen-bond acceptors (Lipinski definition) is 3. The Balaban J connectivity index is 2.47. The van der Waals surface area contributed by atoms with E-state index in [9.17, 15) is 5.11 Å². The molecule has 80 valence electrons. The summed E-state index contributed by atoms with van der Waals surface area (Å²) in [5.74, 6) is 0. The molecule has 0 bridgehead atoms. The smallest absolute Gasteiger partial charge is 0.0991 e. The standard InChI is InChI=1S/C12H11N3O/c1-15-12(8-16)11(7-14-15)10-4-2-9(6-13)3-5-10/h2-5,7,16H,8H2,1H3. The summed E-state index contributed by atoms with van der Waals surface area (Å²) < 4.78 is 1.65. The minimum atomic E-state index is -0.0498. The predicted molar refractivity (Wildman–Crippen MR) is 59.3 cm³/mol. The summed E-state index contributed by atoms with van der Waals surface area (Å²) in [6, 6.07) is 9.29. The molecule has 2 rings (SSSR count). The van der Waals surface area contributed by atoms with E-state index >= 15 is 0 Å². The lowest BCUT2D eigenvalue weighted by atomic mass is 10.1. The van der Waals surface area contributed by atoms with E-state index in [0.717, 1.165) is 16.8 Å². The number of aromatic nitrogens is 2. The van der Waals surface area contributed by atoms with Gasteiger partial charge >= 0.3 is 0 Å². The number of nitrogens with zero attached hydrogens (tertiary/aromatic N) is 3. The Morgan fingerprint density at radius 3 is 2.62 bits per heavy atom. The molecule has 0 atom stereocenters. The number of rotatable bonds is 2. The zero-order valence-electron chi connectivity index (χ0n) is 8.88. The summed E-state index contributed by atoms with van der Waals surface area (Å²) in [5, 5.41) is 22.0. The van der Waals surface area contributed by atoms with Gasteiger partial charge in [0.05, 0.1) is 30.1 Å². The largest absolute Gasteiger partial charge is 0.390 e. The van der Waals surface area contributed by atoms with Crippen LogP contribution in [0, 0.1) is 11.3 Å². The molecule has 0 unspecified atom stereocenters. The number of aliphatic hydroxyl groups excluding tert-OH is 1. The maximum atomic E-state index is 9.24. The number of aliphatic hydroxyl groups is 1. The van der Waals surface area contributed by atoms with Gasteiger partial charge in [0.1, 0.15) is 0 Å². The van der Waals surface area contributed by atoms with Crippen LogP contribution >= 0.6 is 0 Å². The number of aryl methyl sites for hydroxylation is 1. The Morgan fingerprint density at radius 2 is 2.06 bits per heavy atom. The molecule has 0 amide bonds. The van der Waals surface area contributed by atoms with Gasteiger partial charge in [-0.25, -0.2) is 0 Å². The van der Waals surface area contributed by atoms with E-state index in [4.69, 9.17) is 5.26 Å². The first-order chi connectivity index (χ1) is 7.76. The molecule has 0 saturated heterocycles. The average molecular weight is 213 g/mol. The van der Waals surface area contributed by atoms with Gasteiger partial charge in [0.25, 0.3) is 0 Å². The van der Waals surface area contributed by atoms with Gasteiger partial charge in [0, 0.05) is 12.6 Å². The summed E-state index contributed by atoms with van der Waals surface area (Å²) in [7, 11) is 1.79. The van der Waals surface area contributed by atoms with E-state index in [2.05, 4.69) is 11.2 Å². The van der Waals surface area contributed by atoms with Crippen LogP contribution in [-0.2, 0) is 13.7 Å². The van der Waals surface area contributed by atoms with Crippen molar-refractivity contribution in [3.05, 3.63) is 41.7 Å². The van der Waals surface area contributed by atoms with Gasteiger partial charge in [-0.1, -0.05) is 12.1 Å². The van der Waals surface area contributed by atoms with Crippen molar-refractivity contribution < 1.29 is 5.11 Å². The fourth-order valence-electron chi connectivity index (χ4n) is 1.62. The SMILES string of the molecule is Cn1ncc(-c2ccc(C#N)cc2)c1CO. The normalized spacial score (nSPS) is 10.1. The van der Waals surface area contributed by atoms with Crippen molar-refractivity contribution in [3.63, 3.8) is 0 Å². The van der Waals surface area contributed by atoms with Crippen LogP contribution in [0.2, 0.25) is 0 Å². The highest BCUT2D eigenvalue weighted by atomic mass is 16.3. The van der Waals surface area contributed by atoms with Crippen LogP contribution in [-0.4, -0.2) is 14.9 Å². The van der Waals surface area contributed by atoms with Crippen LogP contribution in [0.1, 0.15) is 11.3 Å². The van der Waals surface area contributed by atoms with Gasteiger partial charge in [-0.15, -0.1) is 0 Å². The van der Waals surface area contributed by atoms with Crippen molar-refractivity contribution >= 4 is 0 Å². The molecule has 0 fully saturated rings. The van der Waals surface area contributed by atoms with E-state index in [1.165, 1.54) is 0 Å². The van der Waals surface area contributed by atoms with Crippen molar-refractivity contribution in [1.82, 2.24) is 9.78 Å². The van der Waals surface area contributed by atoms with Gasteiger partial charge in [-0.2, -0.15) is 10.4 Å². The second-order valence-corrected chi connectivity index (χ2v) is 3.48. The van der Waals surface area contributed by atoms with Gasteiger partial charge in [0.2, 0.25) is 0 Å². The molecule has 1 N–H and O–H groups in total. The highest BCUT2D eigenvalue weighted by molar-refractivity contribution is 5.66. The lowest BCUT2D eigenvalue weighted by molar-refractivity contribution is 0.271. The van der Waals surface area contributed by atoms with Crippen LogP contribution in [0.25, 0.3) is 11.1 Å². The van der Waals surface area contributed by atoms with E-state index in [1.807, 2.05) is 12.1 Å². The summed E-state index contributed by atoms with van der Waals surface area (Å²) in [6.07, 6.45) is 1.72. The number of nitriles is 1. The minimum Gasteiger partial charge on any atom is -0.390 e. The third-order valence-corrected chi connectivity index (χ3v) is 2.54. The molecule has 0 spiro atoms. The molecule has 0 aliphatic rings. The third kappa shape index (κ3) is 1.69. The minimum absolute atomic E-state index is 0.0498. The fourth-order valence-corrected chi connectivity index (χ4v) is 1.62. The van der Waals surface area contributed by atoms with Gasteiger partial charge in [0.15, 0.2) is 0 Å². The molecular formula is C12H11N3O. The van der Waals surface area contributed by atoms with Gasteiger partial charge < -0.3 is 5.11 Å². The molecule has 2 aromatic rings. The Labute approximate surface area is 93.4 Å². The van der Waals surface area contributed by atoms with Crippen LogP contribution in [0.3, 0.4) is 0 Å². The lowest BCUT2D eigenvalue weighted by Gasteiger charge is -2.02. The molecule has 0 radical (unpaired) electrons. The Hall–Kier alpha value is -2.12. The van der Waals surface area contributed by atoms with Gasteiger partial charge in [-0.05, 0) is 17.7 Å². The predicted octanol–water partition coefficient (Wildman–Crippen LogP) is 1.45. The molecule has 16 heavy (non-hydrogen) atoms. The topological polar surface area (TPSA) is 61.8 Å².